The molecule has 1 fully saturated rings. The quantitative estimate of drug-likeness (QED) is 0.525. The molecule has 0 aromatic carbocycles. The summed E-state index contributed by atoms with van der Waals surface area (Å²) < 4.78 is 0. The van der Waals surface area contributed by atoms with Gasteiger partial charge in [0.1, 0.15) is 6.33 Å². The lowest BCUT2D eigenvalue weighted by atomic mass is 10.3. The van der Waals surface area contributed by atoms with Gasteiger partial charge in [-0.05, 0) is 0 Å². The average Bonchev–Trinajstić information content (AvgIpc) is 2.47. The number of hydrazine groups is 1. The molecule has 0 bridgehead atoms. The summed E-state index contributed by atoms with van der Waals surface area (Å²) in [7, 11) is 3.47. The van der Waals surface area contributed by atoms with E-state index in [1.165, 1.54) is 6.33 Å². The molecule has 0 aliphatic carbocycles. The molecular formula is C12H21N7O3. The maximum Gasteiger partial charge on any atom is 0.354 e. The summed E-state index contributed by atoms with van der Waals surface area (Å²) in [5.74, 6) is 0.505. The Kier molecular flexibility index (Phi) is 5.41. The number of hydrogen-bond acceptors (Lipinski definition) is 9. The average molecular weight is 311 g/mol. The molecule has 2 N–H and O–H groups in total. The summed E-state index contributed by atoms with van der Waals surface area (Å²) in [5.41, 5.74) is 2.71. The van der Waals surface area contributed by atoms with E-state index in [1.807, 2.05) is 4.90 Å². The first-order chi connectivity index (χ1) is 10.5. The first-order valence-corrected chi connectivity index (χ1v) is 7.04. The second kappa shape index (κ2) is 7.29. The number of nitrogens with one attached hydrogen (secondary N) is 1. The molecule has 1 aromatic rings. The molecule has 10 heteroatoms. The Hall–Kier alpha value is -2.04. The molecular weight excluding hydrogens is 290 g/mol. The summed E-state index contributed by atoms with van der Waals surface area (Å²) in [6.45, 7) is 3.45. The van der Waals surface area contributed by atoms with E-state index in [0.717, 1.165) is 13.1 Å². The summed E-state index contributed by atoms with van der Waals surface area (Å²) in [6, 6.07) is 0. The number of nitrogens with zero attached hydrogens (tertiary/aromatic N) is 6. The van der Waals surface area contributed by atoms with E-state index < -0.39 is 4.92 Å². The van der Waals surface area contributed by atoms with Crippen LogP contribution in [0, 0.1) is 10.1 Å². The van der Waals surface area contributed by atoms with Crippen LogP contribution in [-0.2, 0) is 0 Å². The molecule has 0 unspecified atom stereocenters. The first-order valence-electron chi connectivity index (χ1n) is 7.04. The Morgan fingerprint density at radius 1 is 1.36 bits per heavy atom. The van der Waals surface area contributed by atoms with Gasteiger partial charge in [-0.2, -0.15) is 0 Å². The maximum atomic E-state index is 11.4. The zero-order valence-electron chi connectivity index (χ0n) is 12.8. The Balaban J connectivity index is 2.22. The predicted molar refractivity (Wildman–Crippen MR) is 81.7 cm³/mol. The SMILES string of the molecule is CN(C)Nc1ncnc(N2CCN(CCO)CC2)c1[N+](=O)[O-]. The topological polar surface area (TPSA) is 111 Å². The largest absolute Gasteiger partial charge is 0.395 e. The molecule has 10 nitrogen and oxygen atoms in total. The van der Waals surface area contributed by atoms with E-state index in [1.54, 1.807) is 19.1 Å². The lowest BCUT2D eigenvalue weighted by molar-refractivity contribution is -0.383. The maximum absolute atomic E-state index is 11.4. The molecule has 0 spiro atoms. The molecule has 1 aliphatic rings. The summed E-state index contributed by atoms with van der Waals surface area (Å²) >= 11 is 0. The third kappa shape index (κ3) is 3.78. The molecule has 0 amide bonds. The monoisotopic (exact) mass is 311 g/mol. The van der Waals surface area contributed by atoms with Crippen LogP contribution >= 0.6 is 0 Å². The van der Waals surface area contributed by atoms with Crippen LogP contribution in [0.25, 0.3) is 0 Å². The van der Waals surface area contributed by atoms with Gasteiger partial charge in [0.05, 0.1) is 11.5 Å². The Morgan fingerprint density at radius 3 is 2.59 bits per heavy atom. The number of nitro groups is 1. The number of rotatable bonds is 6. The van der Waals surface area contributed by atoms with Gasteiger partial charge < -0.3 is 10.0 Å². The molecule has 0 radical (unpaired) electrons. The number of piperazine rings is 1. The van der Waals surface area contributed by atoms with E-state index in [9.17, 15) is 10.1 Å². The minimum atomic E-state index is -0.457. The fourth-order valence-corrected chi connectivity index (χ4v) is 2.39. The van der Waals surface area contributed by atoms with Crippen molar-refractivity contribution in [3.63, 3.8) is 0 Å². The molecule has 22 heavy (non-hydrogen) atoms. The van der Waals surface area contributed by atoms with Gasteiger partial charge >= 0.3 is 5.69 Å². The van der Waals surface area contributed by atoms with Crippen molar-refractivity contribution >= 4 is 17.3 Å². The smallest absolute Gasteiger partial charge is 0.354 e. The van der Waals surface area contributed by atoms with Gasteiger partial charge in [-0.1, -0.05) is 0 Å². The Labute approximate surface area is 128 Å². The predicted octanol–water partition coefficient (Wildman–Crippen LogP) is -0.612. The molecule has 2 rings (SSSR count). The van der Waals surface area contributed by atoms with Gasteiger partial charge in [0.15, 0.2) is 0 Å². The van der Waals surface area contributed by atoms with Crippen LogP contribution in [0.15, 0.2) is 6.33 Å². The van der Waals surface area contributed by atoms with Gasteiger partial charge in [0.2, 0.25) is 11.6 Å². The highest BCUT2D eigenvalue weighted by atomic mass is 16.6. The Bertz CT molecular complexity index is 517. The van der Waals surface area contributed by atoms with Crippen LogP contribution in [0.4, 0.5) is 17.3 Å². The molecule has 1 saturated heterocycles. The highest BCUT2D eigenvalue weighted by molar-refractivity contribution is 5.70. The molecule has 0 atom stereocenters. The van der Waals surface area contributed by atoms with Gasteiger partial charge in [0.25, 0.3) is 0 Å². The third-order valence-corrected chi connectivity index (χ3v) is 3.40. The van der Waals surface area contributed by atoms with Gasteiger partial charge in [0, 0.05) is 46.8 Å². The number of anilines is 2. The van der Waals surface area contributed by atoms with Gasteiger partial charge in [-0.3, -0.25) is 20.4 Å². The van der Waals surface area contributed by atoms with Crippen molar-refractivity contribution in [3.8, 4) is 0 Å². The molecule has 0 saturated carbocycles. The number of β-amino-alcohol motifs (C(OH)–C–C–N with tert-alkyl or cyclic N) is 1. The van der Waals surface area contributed by atoms with Crippen LogP contribution in [0.2, 0.25) is 0 Å². The zero-order valence-corrected chi connectivity index (χ0v) is 12.8. The van der Waals surface area contributed by atoms with Crippen LogP contribution in [0.5, 0.6) is 0 Å². The van der Waals surface area contributed by atoms with E-state index in [4.69, 9.17) is 5.11 Å². The van der Waals surface area contributed by atoms with Crippen molar-refractivity contribution in [2.24, 2.45) is 0 Å². The van der Waals surface area contributed by atoms with Gasteiger partial charge in [-0.25, -0.2) is 15.0 Å². The highest BCUT2D eigenvalue weighted by Crippen LogP contribution is 2.32. The second-order valence-electron chi connectivity index (χ2n) is 5.21. The van der Waals surface area contributed by atoms with Crippen LogP contribution in [0.3, 0.4) is 0 Å². The van der Waals surface area contributed by atoms with Crippen molar-refractivity contribution in [1.82, 2.24) is 19.9 Å². The zero-order chi connectivity index (χ0) is 16.1. The van der Waals surface area contributed by atoms with Crippen molar-refractivity contribution in [3.05, 3.63) is 16.4 Å². The Morgan fingerprint density at radius 2 is 2.05 bits per heavy atom. The van der Waals surface area contributed by atoms with Crippen LogP contribution < -0.4 is 10.3 Å². The molecule has 2 heterocycles. The fourth-order valence-electron chi connectivity index (χ4n) is 2.39. The van der Waals surface area contributed by atoms with Crippen LogP contribution in [-0.4, -0.2) is 83.3 Å². The minimum Gasteiger partial charge on any atom is -0.395 e. The van der Waals surface area contributed by atoms with Crippen molar-refractivity contribution < 1.29 is 10.0 Å². The highest BCUT2D eigenvalue weighted by Gasteiger charge is 2.29. The van der Waals surface area contributed by atoms with E-state index in [0.29, 0.717) is 25.5 Å². The van der Waals surface area contributed by atoms with E-state index in [2.05, 4.69) is 20.3 Å². The van der Waals surface area contributed by atoms with Crippen molar-refractivity contribution in [2.45, 2.75) is 0 Å². The normalized spacial score (nSPS) is 16.1. The van der Waals surface area contributed by atoms with Crippen molar-refractivity contribution in [1.29, 1.82) is 0 Å². The third-order valence-electron chi connectivity index (χ3n) is 3.40. The second-order valence-corrected chi connectivity index (χ2v) is 5.21. The van der Waals surface area contributed by atoms with Crippen molar-refractivity contribution in [2.75, 3.05) is 63.8 Å². The standard InChI is InChI=1S/C12H21N7O3/c1-16(2)15-11-10(19(21)22)12(14-9-13-11)18-5-3-17(4-6-18)7-8-20/h9,20H,3-8H2,1-2H3,(H,13,14,15). The van der Waals surface area contributed by atoms with E-state index in [-0.39, 0.29) is 18.1 Å². The minimum absolute atomic E-state index is 0.116. The summed E-state index contributed by atoms with van der Waals surface area (Å²) in [4.78, 5) is 23.0. The number of aromatic nitrogens is 2. The summed E-state index contributed by atoms with van der Waals surface area (Å²) in [6.07, 6.45) is 1.33. The molecule has 1 aliphatic heterocycles. The number of hydrogen-bond donors (Lipinski definition) is 2. The van der Waals surface area contributed by atoms with Gasteiger partial charge in [-0.15, -0.1) is 0 Å². The number of aliphatic hydroxyl groups excluding tert-OH is 1. The lowest BCUT2D eigenvalue weighted by Gasteiger charge is -2.34. The first kappa shape index (κ1) is 16.3. The van der Waals surface area contributed by atoms with E-state index >= 15 is 0 Å². The lowest BCUT2D eigenvalue weighted by Crippen LogP contribution is -2.47. The summed E-state index contributed by atoms with van der Waals surface area (Å²) in [5, 5.41) is 22.0. The fraction of sp³-hybridized carbons (Fsp3) is 0.667. The van der Waals surface area contributed by atoms with Crippen LogP contribution in [0.1, 0.15) is 0 Å². The molecule has 122 valence electrons. The number of aliphatic hydroxyl groups is 1. The molecule has 1 aromatic heterocycles.